The molecule has 0 saturated carbocycles. The van der Waals surface area contributed by atoms with E-state index in [0.29, 0.717) is 0 Å². The Morgan fingerprint density at radius 3 is 2.50 bits per heavy atom. The molecular weight excluding hydrogens is 236 g/mol. The first-order valence-electron chi connectivity index (χ1n) is 2.51. The molecule has 0 radical (unpaired) electrons. The normalized spacial score (nSPS) is 18.0. The van der Waals surface area contributed by atoms with Gasteiger partial charge in [-0.2, -0.15) is 0 Å². The fourth-order valence-corrected chi connectivity index (χ4v) is 1.09. The van der Waals surface area contributed by atoms with Gasteiger partial charge in [0.2, 0.25) is 0 Å². The van der Waals surface area contributed by atoms with Crippen molar-refractivity contribution in [1.82, 2.24) is 5.09 Å². The van der Waals surface area contributed by atoms with Crippen molar-refractivity contribution in [2.75, 3.05) is 0 Å². The highest BCUT2D eigenvalue weighted by Crippen LogP contribution is 2.18. The van der Waals surface area contributed by atoms with E-state index in [-0.39, 0.29) is 0 Å². The van der Waals surface area contributed by atoms with E-state index in [0.717, 1.165) is 12.8 Å². The maximum Gasteiger partial charge on any atom is 0.171 e. The molecule has 50 valence electrons. The van der Waals surface area contributed by atoms with Gasteiger partial charge in [0, 0.05) is 0 Å². The Balaban J connectivity index is 3.37. The fourth-order valence-electron chi connectivity index (χ4n) is 0.403. The molecule has 0 bridgehead atoms. The summed E-state index contributed by atoms with van der Waals surface area (Å²) in [4.78, 5) is 0. The van der Waals surface area contributed by atoms with E-state index >= 15 is 0 Å². The third kappa shape index (κ3) is 4.01. The Labute approximate surface area is 65.8 Å². The molecule has 0 heterocycles. The van der Waals surface area contributed by atoms with E-state index in [4.69, 9.17) is 0 Å². The summed E-state index contributed by atoms with van der Waals surface area (Å²) in [6.07, 6.45) is 1.76. The van der Waals surface area contributed by atoms with Gasteiger partial charge >= 0.3 is 0 Å². The molecular formula is C4H11INOP. The summed E-state index contributed by atoms with van der Waals surface area (Å²) in [7, 11) is 2.29. The first-order valence-corrected chi connectivity index (χ1v) is 4.17. The molecule has 2 atom stereocenters. The SMILES string of the molecule is CCCC(O)(I)NP. The molecule has 0 amide bonds. The van der Waals surface area contributed by atoms with E-state index < -0.39 is 3.73 Å². The van der Waals surface area contributed by atoms with E-state index in [1.54, 1.807) is 0 Å². The average molecular weight is 247 g/mol. The lowest BCUT2D eigenvalue weighted by Crippen LogP contribution is -2.30. The molecule has 0 aromatic carbocycles. The van der Waals surface area contributed by atoms with Crippen LogP contribution in [0.3, 0.4) is 0 Å². The molecule has 0 rings (SSSR count). The summed E-state index contributed by atoms with van der Waals surface area (Å²) in [5, 5.41) is 11.9. The van der Waals surface area contributed by atoms with Gasteiger partial charge in [-0.15, -0.1) is 0 Å². The highest BCUT2D eigenvalue weighted by Gasteiger charge is 2.16. The Kier molecular flexibility index (Phi) is 4.52. The van der Waals surface area contributed by atoms with E-state index in [1.165, 1.54) is 0 Å². The minimum atomic E-state index is -0.725. The standard InChI is InChI=1S/C4H11INOP/c1-2-3-4(5,7)6-8/h6-7H,2-3,8H2,1H3. The zero-order valence-electron chi connectivity index (χ0n) is 4.82. The molecule has 0 saturated heterocycles. The van der Waals surface area contributed by atoms with Crippen LogP contribution in [0.1, 0.15) is 19.8 Å². The molecule has 0 spiro atoms. The second-order valence-corrected chi connectivity index (χ2v) is 3.73. The number of hydrogen-bond donors (Lipinski definition) is 2. The van der Waals surface area contributed by atoms with Crippen molar-refractivity contribution >= 4 is 32.0 Å². The second-order valence-electron chi connectivity index (χ2n) is 1.65. The first-order chi connectivity index (χ1) is 3.62. The molecule has 0 aromatic rings. The number of aliphatic hydroxyl groups is 1. The highest BCUT2D eigenvalue weighted by atomic mass is 127. The van der Waals surface area contributed by atoms with E-state index in [2.05, 4.69) is 14.5 Å². The van der Waals surface area contributed by atoms with Crippen LogP contribution in [0.25, 0.3) is 0 Å². The van der Waals surface area contributed by atoms with Gasteiger partial charge in [0.05, 0.1) is 0 Å². The van der Waals surface area contributed by atoms with Crippen LogP contribution < -0.4 is 5.09 Å². The molecule has 0 fully saturated rings. The lowest BCUT2D eigenvalue weighted by Gasteiger charge is -2.18. The lowest BCUT2D eigenvalue weighted by atomic mass is 10.3. The van der Waals surface area contributed by atoms with Crippen LogP contribution in [0.15, 0.2) is 0 Å². The molecule has 0 aliphatic carbocycles. The third-order valence-electron chi connectivity index (χ3n) is 0.802. The number of rotatable bonds is 3. The second kappa shape index (κ2) is 3.99. The average Bonchev–Trinajstić information content (AvgIpc) is 1.67. The van der Waals surface area contributed by atoms with Gasteiger partial charge in [-0.05, 0) is 29.0 Å². The zero-order chi connectivity index (χ0) is 6.62. The van der Waals surface area contributed by atoms with Crippen LogP contribution in [0.5, 0.6) is 0 Å². The number of alkyl halides is 1. The topological polar surface area (TPSA) is 32.3 Å². The van der Waals surface area contributed by atoms with Crippen molar-refractivity contribution in [2.24, 2.45) is 0 Å². The van der Waals surface area contributed by atoms with Crippen LogP contribution in [0.2, 0.25) is 0 Å². The predicted octanol–water partition coefficient (Wildman–Crippen LogP) is 1.25. The van der Waals surface area contributed by atoms with Gasteiger partial charge in [0.25, 0.3) is 0 Å². The van der Waals surface area contributed by atoms with Crippen molar-refractivity contribution < 1.29 is 5.11 Å². The zero-order valence-corrected chi connectivity index (χ0v) is 8.13. The van der Waals surface area contributed by atoms with Gasteiger partial charge in [-0.3, -0.25) is 5.09 Å². The molecule has 4 heteroatoms. The third-order valence-corrected chi connectivity index (χ3v) is 2.72. The molecule has 2 N–H and O–H groups in total. The summed E-state index contributed by atoms with van der Waals surface area (Å²) < 4.78 is -0.725. The van der Waals surface area contributed by atoms with Gasteiger partial charge < -0.3 is 5.11 Å². The number of hydrogen-bond acceptors (Lipinski definition) is 2. The van der Waals surface area contributed by atoms with Crippen molar-refractivity contribution in [2.45, 2.75) is 23.5 Å². The molecule has 0 aliphatic heterocycles. The number of halogens is 1. The highest BCUT2D eigenvalue weighted by molar-refractivity contribution is 14.1. The van der Waals surface area contributed by atoms with Gasteiger partial charge in [0.15, 0.2) is 3.73 Å². The predicted molar refractivity (Wildman–Crippen MR) is 46.7 cm³/mol. The van der Waals surface area contributed by atoms with Crippen molar-refractivity contribution in [3.05, 3.63) is 0 Å². The largest absolute Gasteiger partial charge is 0.367 e. The number of nitrogens with one attached hydrogen (secondary N) is 1. The van der Waals surface area contributed by atoms with Crippen LogP contribution in [-0.2, 0) is 0 Å². The molecule has 0 aromatic heterocycles. The fraction of sp³-hybridized carbons (Fsp3) is 1.00. The Morgan fingerprint density at radius 1 is 1.88 bits per heavy atom. The Hall–Kier alpha value is 1.08. The van der Waals surface area contributed by atoms with E-state index in [1.807, 2.05) is 29.5 Å². The maximum absolute atomic E-state index is 9.18. The minimum absolute atomic E-state index is 0.725. The van der Waals surface area contributed by atoms with Gasteiger partial charge in [-0.1, -0.05) is 22.7 Å². The van der Waals surface area contributed by atoms with Crippen LogP contribution in [-0.4, -0.2) is 8.84 Å². The lowest BCUT2D eigenvalue weighted by molar-refractivity contribution is 0.137. The Bertz CT molecular complexity index is 69.1. The summed E-state index contributed by atoms with van der Waals surface area (Å²) >= 11 is 1.96. The quantitative estimate of drug-likeness (QED) is 0.258. The molecule has 2 nitrogen and oxygen atoms in total. The first kappa shape index (κ1) is 9.08. The van der Waals surface area contributed by atoms with Crippen molar-refractivity contribution in [3.63, 3.8) is 0 Å². The molecule has 0 aliphatic rings. The molecule has 2 unspecified atom stereocenters. The van der Waals surface area contributed by atoms with Crippen LogP contribution >= 0.6 is 32.0 Å². The van der Waals surface area contributed by atoms with Crippen molar-refractivity contribution in [1.29, 1.82) is 0 Å². The van der Waals surface area contributed by atoms with Crippen molar-refractivity contribution in [3.8, 4) is 0 Å². The summed E-state index contributed by atoms with van der Waals surface area (Å²) in [6, 6.07) is 0. The maximum atomic E-state index is 9.18. The Morgan fingerprint density at radius 2 is 2.38 bits per heavy atom. The summed E-state index contributed by atoms with van der Waals surface area (Å²) in [5.41, 5.74) is 0. The summed E-state index contributed by atoms with van der Waals surface area (Å²) in [6.45, 7) is 2.03. The van der Waals surface area contributed by atoms with Gasteiger partial charge in [0.1, 0.15) is 0 Å². The van der Waals surface area contributed by atoms with Gasteiger partial charge in [-0.25, -0.2) is 0 Å². The molecule has 8 heavy (non-hydrogen) atoms. The van der Waals surface area contributed by atoms with Crippen LogP contribution in [0, 0.1) is 0 Å². The monoisotopic (exact) mass is 247 g/mol. The van der Waals surface area contributed by atoms with E-state index in [9.17, 15) is 5.11 Å². The minimum Gasteiger partial charge on any atom is -0.367 e. The van der Waals surface area contributed by atoms with Crippen LogP contribution in [0.4, 0.5) is 0 Å². The summed E-state index contributed by atoms with van der Waals surface area (Å²) in [5.74, 6) is 0. The smallest absolute Gasteiger partial charge is 0.171 e.